The number of ether oxygens (including phenoxy) is 6. The summed E-state index contributed by atoms with van der Waals surface area (Å²) in [5.74, 6) is -0.267. The van der Waals surface area contributed by atoms with Crippen molar-refractivity contribution in [2.24, 2.45) is 0 Å². The van der Waals surface area contributed by atoms with Crippen LogP contribution < -0.4 is 5.32 Å². The average Bonchev–Trinajstić information content (AvgIpc) is 0.856. The number of aliphatic hydroxyl groups is 11. The lowest BCUT2D eigenvalue weighted by atomic mass is 9.96. The molecule has 1 amide bonds. The van der Waals surface area contributed by atoms with Crippen LogP contribution in [0.15, 0.2) is 12.2 Å². The largest absolute Gasteiger partial charge is 0.394 e. The lowest BCUT2D eigenvalue weighted by Gasteiger charge is -2.48. The van der Waals surface area contributed by atoms with Gasteiger partial charge in [-0.15, -0.1) is 0 Å². The molecule has 3 rings (SSSR count). The summed E-state index contributed by atoms with van der Waals surface area (Å²) in [4.78, 5) is 13.4. The van der Waals surface area contributed by atoms with E-state index < -0.39 is 124 Å². The lowest BCUT2D eigenvalue weighted by molar-refractivity contribution is -0.379. The highest BCUT2D eigenvalue weighted by molar-refractivity contribution is 5.76. The molecule has 0 aliphatic carbocycles. The van der Waals surface area contributed by atoms with Crippen LogP contribution in [0.5, 0.6) is 0 Å². The summed E-state index contributed by atoms with van der Waals surface area (Å²) in [6, 6.07) is -0.969. The third kappa shape index (κ3) is 36.4. The zero-order valence-corrected chi connectivity index (χ0v) is 57.8. The van der Waals surface area contributed by atoms with E-state index in [1.807, 2.05) is 6.08 Å². The van der Waals surface area contributed by atoms with Crippen molar-refractivity contribution in [1.82, 2.24) is 5.32 Å². The maximum Gasteiger partial charge on any atom is 0.220 e. The smallest absolute Gasteiger partial charge is 0.220 e. The molecule has 17 unspecified atom stereocenters. The Morgan fingerprint density at radius 1 is 0.380 bits per heavy atom. The van der Waals surface area contributed by atoms with Gasteiger partial charge in [0.05, 0.1) is 38.6 Å². The number of carbonyl (C=O) groups is 1. The fourth-order valence-corrected chi connectivity index (χ4v) is 13.2. The standard InChI is InChI=1S/C73H139NO18/c1-3-5-7-9-11-13-15-17-19-21-23-25-26-27-28-29-31-33-35-37-39-41-43-45-47-49-51-61(79)74-56(57(78)50-48-46-44-42-40-38-36-34-32-30-24-22-20-18-16-14-12-10-8-6-4-2)55-87-71-67(85)64(82)69(59(53-76)89-71)92-73-68(86)65(83)70(60(54-77)90-73)91-72-66(84)63(81)62(80)58(52-75)88-72/h48,50,56-60,62-73,75-78,80-86H,3-47,49,51-55H2,1-2H3,(H,74,79)/b50-48+. The van der Waals surface area contributed by atoms with Gasteiger partial charge in [-0.1, -0.05) is 302 Å². The number of allylic oxidation sites excluding steroid dienone is 1. The van der Waals surface area contributed by atoms with Crippen molar-refractivity contribution in [3.63, 3.8) is 0 Å². The van der Waals surface area contributed by atoms with Crippen LogP contribution in [0.1, 0.15) is 316 Å². The molecule has 0 radical (unpaired) electrons. The zero-order valence-electron chi connectivity index (χ0n) is 57.8. The summed E-state index contributed by atoms with van der Waals surface area (Å²) in [7, 11) is 0. The Bertz CT molecular complexity index is 1720. The van der Waals surface area contributed by atoms with Crippen LogP contribution in [-0.4, -0.2) is 193 Å². The highest BCUT2D eigenvalue weighted by Crippen LogP contribution is 2.33. The predicted molar refractivity (Wildman–Crippen MR) is 360 cm³/mol. The molecule has 0 aromatic carbocycles. The normalized spacial score (nSPS) is 27.7. The summed E-state index contributed by atoms with van der Waals surface area (Å²) in [6.45, 7) is 1.79. The van der Waals surface area contributed by atoms with E-state index in [9.17, 15) is 61.0 Å². The third-order valence-electron chi connectivity index (χ3n) is 19.3. The van der Waals surface area contributed by atoms with Gasteiger partial charge in [-0.05, 0) is 19.3 Å². The van der Waals surface area contributed by atoms with Gasteiger partial charge < -0.3 is 89.9 Å². The molecule has 3 saturated heterocycles. The Hall–Kier alpha value is -1.47. The average molecular weight is 1320 g/mol. The van der Waals surface area contributed by atoms with Crippen LogP contribution in [0.3, 0.4) is 0 Å². The highest BCUT2D eigenvalue weighted by atomic mass is 16.8. The van der Waals surface area contributed by atoms with Crippen molar-refractivity contribution >= 4 is 5.91 Å². The molecule has 0 aromatic heterocycles. The van der Waals surface area contributed by atoms with Crippen molar-refractivity contribution < 1.29 is 89.4 Å². The molecule has 3 aliphatic heterocycles. The van der Waals surface area contributed by atoms with Crippen LogP contribution in [0.4, 0.5) is 0 Å². The van der Waals surface area contributed by atoms with Gasteiger partial charge in [-0.25, -0.2) is 0 Å². The van der Waals surface area contributed by atoms with E-state index in [0.717, 1.165) is 44.9 Å². The van der Waals surface area contributed by atoms with E-state index in [4.69, 9.17) is 28.4 Å². The van der Waals surface area contributed by atoms with Gasteiger partial charge in [0.25, 0.3) is 0 Å². The molecule has 3 aliphatic rings. The number of carbonyl (C=O) groups excluding carboxylic acids is 1. The van der Waals surface area contributed by atoms with Crippen LogP contribution >= 0.6 is 0 Å². The highest BCUT2D eigenvalue weighted by Gasteiger charge is 2.53. The van der Waals surface area contributed by atoms with Crippen molar-refractivity contribution in [1.29, 1.82) is 0 Å². The van der Waals surface area contributed by atoms with Crippen LogP contribution in [0.25, 0.3) is 0 Å². The monoisotopic (exact) mass is 1320 g/mol. The molecular formula is C73H139NO18. The Morgan fingerprint density at radius 2 is 0.674 bits per heavy atom. The van der Waals surface area contributed by atoms with Gasteiger partial charge in [0, 0.05) is 6.42 Å². The minimum absolute atomic E-state index is 0.250. The second-order valence-corrected chi connectivity index (χ2v) is 27.5. The Kier molecular flexibility index (Phi) is 51.0. The van der Waals surface area contributed by atoms with Crippen molar-refractivity contribution in [2.75, 3.05) is 26.4 Å². The molecule has 3 heterocycles. The molecule has 19 heteroatoms. The van der Waals surface area contributed by atoms with Crippen molar-refractivity contribution in [2.45, 2.75) is 420 Å². The minimum atomic E-state index is -1.98. The molecule has 544 valence electrons. The Morgan fingerprint density at radius 3 is 1.02 bits per heavy atom. The summed E-state index contributed by atoms with van der Waals surface area (Å²) in [6.07, 6.45) is 36.2. The van der Waals surface area contributed by atoms with E-state index in [0.29, 0.717) is 6.42 Å². The molecule has 0 saturated carbocycles. The van der Waals surface area contributed by atoms with Crippen LogP contribution in [0.2, 0.25) is 0 Å². The van der Waals surface area contributed by atoms with E-state index in [-0.39, 0.29) is 18.9 Å². The maximum atomic E-state index is 13.4. The fourth-order valence-electron chi connectivity index (χ4n) is 13.2. The SMILES string of the molecule is CCCCCCCCCCCCCCCCCCCCC/C=C/C(O)C(COC1OC(CO)C(OC2OC(CO)C(OC3OC(CO)C(O)C(O)C3O)C(O)C2O)C(O)C1O)NC(=O)CCCCCCCCCCCCCCCCCCCCCCCCCCCC. The maximum absolute atomic E-state index is 13.4. The number of hydrogen-bond donors (Lipinski definition) is 12. The second-order valence-electron chi connectivity index (χ2n) is 27.5. The first kappa shape index (κ1) is 84.8. The van der Waals surface area contributed by atoms with Gasteiger partial charge in [-0.3, -0.25) is 4.79 Å². The number of rotatable bonds is 60. The molecule has 17 atom stereocenters. The molecule has 92 heavy (non-hydrogen) atoms. The predicted octanol–water partition coefficient (Wildman–Crippen LogP) is 11.2. The molecule has 0 spiro atoms. The van der Waals surface area contributed by atoms with Gasteiger partial charge in [0.2, 0.25) is 5.91 Å². The third-order valence-corrected chi connectivity index (χ3v) is 19.3. The number of amides is 1. The first-order valence-electron chi connectivity index (χ1n) is 37.9. The topological polar surface area (TPSA) is 307 Å². The van der Waals surface area contributed by atoms with Crippen molar-refractivity contribution in [3.05, 3.63) is 12.2 Å². The molecule has 19 nitrogen and oxygen atoms in total. The van der Waals surface area contributed by atoms with E-state index in [1.165, 1.54) is 244 Å². The summed E-state index contributed by atoms with van der Waals surface area (Å²) < 4.78 is 34.4. The Labute approximate surface area is 556 Å². The van der Waals surface area contributed by atoms with Crippen molar-refractivity contribution in [3.8, 4) is 0 Å². The molecule has 0 bridgehead atoms. The van der Waals surface area contributed by atoms with E-state index >= 15 is 0 Å². The molecular weight excluding hydrogens is 1180 g/mol. The van der Waals surface area contributed by atoms with Crippen LogP contribution in [0, 0.1) is 0 Å². The molecule has 0 aromatic rings. The summed E-state index contributed by atoms with van der Waals surface area (Å²) >= 11 is 0. The number of unbranched alkanes of at least 4 members (excludes halogenated alkanes) is 44. The number of hydrogen-bond acceptors (Lipinski definition) is 18. The minimum Gasteiger partial charge on any atom is -0.394 e. The van der Waals surface area contributed by atoms with Gasteiger partial charge in [-0.2, -0.15) is 0 Å². The summed E-state index contributed by atoms with van der Waals surface area (Å²) in [5.41, 5.74) is 0. The molecule has 3 fully saturated rings. The van der Waals surface area contributed by atoms with Gasteiger partial charge >= 0.3 is 0 Å². The van der Waals surface area contributed by atoms with Crippen LogP contribution in [-0.2, 0) is 33.2 Å². The van der Waals surface area contributed by atoms with Gasteiger partial charge in [0.1, 0.15) is 73.2 Å². The van der Waals surface area contributed by atoms with E-state index in [1.54, 1.807) is 6.08 Å². The quantitative estimate of drug-likeness (QED) is 0.0199. The number of nitrogens with one attached hydrogen (secondary N) is 1. The fraction of sp³-hybridized carbons (Fsp3) is 0.959. The first-order chi connectivity index (χ1) is 44.8. The zero-order chi connectivity index (χ0) is 66.8. The van der Waals surface area contributed by atoms with E-state index in [2.05, 4.69) is 19.2 Å². The second kappa shape index (κ2) is 55.4. The molecule has 12 N–H and O–H groups in total. The summed E-state index contributed by atoms with van der Waals surface area (Å²) in [5, 5.41) is 121. The van der Waals surface area contributed by atoms with Gasteiger partial charge in [0.15, 0.2) is 18.9 Å². The lowest BCUT2D eigenvalue weighted by Crippen LogP contribution is -2.66. The Balaban J connectivity index is 1.40. The first-order valence-corrected chi connectivity index (χ1v) is 37.9. The number of aliphatic hydroxyl groups excluding tert-OH is 11.